The summed E-state index contributed by atoms with van der Waals surface area (Å²) in [5.41, 5.74) is 27.8. The van der Waals surface area contributed by atoms with Crippen LogP contribution in [-0.4, -0.2) is 0 Å². The maximum atomic E-state index is 14.4. The standard InChI is InChI=1S/2C52H31F.C40H25F/c53-36-24-22-35(23-25-36)47-30-48(40-19-7-13-32-10-1-4-16-37(32)40)44-28-29-46-50(42-21-9-15-34-12-3-6-18-39(34)42)31-49(45-27-26-43(47)51(44)52(45)46)41-20-8-14-33-11-2-5-17-38(33)41;53-42-21-19-35(20-22-42)47-30-48(39-16-13-32-7-1-4-10-36(32)27-39)44-25-26-46-50(41-18-15-34-9-3-6-12-38(34)29-41)31-49(45-24-23-43(47)51(44)52(45)46)40-17-14-33-8-2-5-11-37(33)28-40;41-30-18-16-29(17-19-30)38-25-37(28-14-8-3-9-15-28)33-21-20-31-35(26-10-4-1-5-11-26)24-36(27-12-6-2-7-13-27)32-22-23-34(38)40(33)39(31)32/h2*1-31H;1-25H. The maximum absolute atomic E-state index is 14.4. The fourth-order valence-corrected chi connectivity index (χ4v) is 24.0. The molecule has 0 N–H and O–H groups in total. The van der Waals surface area contributed by atoms with Crippen molar-refractivity contribution in [2.45, 2.75) is 0 Å². The molecule has 684 valence electrons. The first kappa shape index (κ1) is 86.0. The molecule has 0 bridgehead atoms. The second-order valence-electron chi connectivity index (χ2n) is 38.9. The third-order valence-electron chi connectivity index (χ3n) is 30.8. The molecule has 0 atom stereocenters. The number of rotatable bonds is 12. The van der Waals surface area contributed by atoms with Gasteiger partial charge in [-0.05, 0) is 386 Å². The first-order valence-corrected chi connectivity index (χ1v) is 50.4. The quantitative estimate of drug-likeness (QED) is 0.107. The number of hydrogen-bond acceptors (Lipinski definition) is 0. The molecule has 3 heteroatoms. The average molecular weight is 1870 g/mol. The topological polar surface area (TPSA) is 0 Å². The van der Waals surface area contributed by atoms with E-state index in [9.17, 15) is 13.2 Å². The second-order valence-corrected chi connectivity index (χ2v) is 38.9. The van der Waals surface area contributed by atoms with E-state index in [1.165, 1.54) is 245 Å². The van der Waals surface area contributed by atoms with Crippen molar-refractivity contribution < 1.29 is 13.2 Å². The van der Waals surface area contributed by atoms with Crippen LogP contribution in [-0.2, 0) is 0 Å². The summed E-state index contributed by atoms with van der Waals surface area (Å²) < 4.78 is 42.7. The van der Waals surface area contributed by atoms with Gasteiger partial charge in [0, 0.05) is 0 Å². The summed E-state index contributed by atoms with van der Waals surface area (Å²) >= 11 is 0. The van der Waals surface area contributed by atoms with Gasteiger partial charge in [0.15, 0.2) is 0 Å². The van der Waals surface area contributed by atoms with E-state index < -0.39 is 0 Å². The Morgan fingerprint density at radius 2 is 0.259 bits per heavy atom. The molecule has 0 heterocycles. The van der Waals surface area contributed by atoms with Crippen molar-refractivity contribution in [3.05, 3.63) is 545 Å². The maximum Gasteiger partial charge on any atom is 0.123 e. The van der Waals surface area contributed by atoms with Gasteiger partial charge in [-0.2, -0.15) is 0 Å². The summed E-state index contributed by atoms with van der Waals surface area (Å²) in [6.07, 6.45) is 0. The molecule has 30 rings (SSSR count). The Kier molecular flexibility index (Phi) is 20.7. The lowest BCUT2D eigenvalue weighted by Crippen LogP contribution is -1.95. The van der Waals surface area contributed by atoms with E-state index >= 15 is 0 Å². The van der Waals surface area contributed by atoms with Crippen LogP contribution in [0.5, 0.6) is 0 Å². The van der Waals surface area contributed by atoms with E-state index in [1.54, 1.807) is 36.4 Å². The van der Waals surface area contributed by atoms with Crippen LogP contribution >= 0.6 is 0 Å². The third-order valence-corrected chi connectivity index (χ3v) is 30.8. The van der Waals surface area contributed by atoms with E-state index in [2.05, 4.69) is 455 Å². The van der Waals surface area contributed by atoms with Gasteiger partial charge < -0.3 is 0 Å². The Morgan fingerprint density at radius 1 is 0.0884 bits per heavy atom. The van der Waals surface area contributed by atoms with Gasteiger partial charge in [0.25, 0.3) is 0 Å². The van der Waals surface area contributed by atoms with Crippen molar-refractivity contribution in [1.82, 2.24) is 0 Å². The largest absolute Gasteiger partial charge is 0.207 e. The normalized spacial score (nSPS) is 11.8. The Hall–Kier alpha value is -18.9. The zero-order valence-corrected chi connectivity index (χ0v) is 79.9. The molecule has 30 aromatic carbocycles. The van der Waals surface area contributed by atoms with Crippen LogP contribution in [0.4, 0.5) is 13.2 Å². The van der Waals surface area contributed by atoms with Crippen LogP contribution < -0.4 is 0 Å². The van der Waals surface area contributed by atoms with E-state index in [0.717, 1.165) is 49.7 Å². The first-order valence-electron chi connectivity index (χ1n) is 50.4. The monoisotopic (exact) mass is 1870 g/mol. The van der Waals surface area contributed by atoms with Crippen LogP contribution in [0, 0.1) is 17.5 Å². The van der Waals surface area contributed by atoms with E-state index in [4.69, 9.17) is 0 Å². The van der Waals surface area contributed by atoms with Crippen molar-refractivity contribution in [2.75, 3.05) is 0 Å². The van der Waals surface area contributed by atoms with Gasteiger partial charge in [0.1, 0.15) is 17.5 Å². The smallest absolute Gasteiger partial charge is 0.123 e. The number of fused-ring (bicyclic) bond motifs is 6. The molecule has 147 heavy (non-hydrogen) atoms. The van der Waals surface area contributed by atoms with Gasteiger partial charge in [0.2, 0.25) is 0 Å². The average Bonchev–Trinajstić information content (AvgIpc) is 0.705. The Morgan fingerprint density at radius 3 is 0.503 bits per heavy atom. The van der Waals surface area contributed by atoms with Crippen molar-refractivity contribution in [3.8, 4) is 134 Å². The van der Waals surface area contributed by atoms with Gasteiger partial charge in [0.05, 0.1) is 0 Å². The highest BCUT2D eigenvalue weighted by atomic mass is 19.1. The van der Waals surface area contributed by atoms with Crippen molar-refractivity contribution >= 4 is 162 Å². The summed E-state index contributed by atoms with van der Waals surface area (Å²) in [4.78, 5) is 0. The van der Waals surface area contributed by atoms with Crippen LogP contribution in [0.3, 0.4) is 0 Å². The van der Waals surface area contributed by atoms with Crippen LogP contribution in [0.15, 0.2) is 528 Å². The molecular formula is C144H87F3. The lowest BCUT2D eigenvalue weighted by atomic mass is 9.80. The molecule has 0 radical (unpaired) electrons. The number of halogens is 3. The number of benzene rings is 30. The van der Waals surface area contributed by atoms with Crippen LogP contribution in [0.2, 0.25) is 0 Å². The molecule has 0 amide bonds. The molecule has 0 aliphatic heterocycles. The summed E-state index contributed by atoms with van der Waals surface area (Å²) in [5.74, 6) is -0.698. The second kappa shape index (κ2) is 35.3. The summed E-state index contributed by atoms with van der Waals surface area (Å²) in [6.45, 7) is 0. The van der Waals surface area contributed by atoms with Crippen LogP contribution in [0.1, 0.15) is 0 Å². The summed E-state index contributed by atoms with van der Waals surface area (Å²) in [7, 11) is 0. The third kappa shape index (κ3) is 14.7. The molecular weight excluding hydrogens is 1790 g/mol. The van der Waals surface area contributed by atoms with E-state index in [0.29, 0.717) is 0 Å². The molecule has 0 spiro atoms. The molecule has 0 saturated carbocycles. The molecule has 0 nitrogen and oxygen atoms in total. The highest BCUT2D eigenvalue weighted by Crippen LogP contribution is 2.56. The highest BCUT2D eigenvalue weighted by Gasteiger charge is 2.28. The molecule has 0 saturated heterocycles. The van der Waals surface area contributed by atoms with Gasteiger partial charge >= 0.3 is 0 Å². The molecule has 0 aliphatic rings. The van der Waals surface area contributed by atoms with Gasteiger partial charge in [-0.3, -0.25) is 0 Å². The van der Waals surface area contributed by atoms with Gasteiger partial charge in [-0.25, -0.2) is 13.2 Å². The Labute approximate surface area is 847 Å². The fraction of sp³-hybridized carbons (Fsp3) is 0. The van der Waals surface area contributed by atoms with Gasteiger partial charge in [-0.15, -0.1) is 0 Å². The lowest BCUT2D eigenvalue weighted by Gasteiger charge is -2.22. The molecule has 30 aromatic rings. The first-order chi connectivity index (χ1) is 72.6. The highest BCUT2D eigenvalue weighted by molar-refractivity contribution is 6.37. The molecule has 0 aliphatic carbocycles. The summed E-state index contributed by atoms with van der Waals surface area (Å²) in [5, 5.41) is 36.6. The molecule has 0 unspecified atom stereocenters. The Balaban J connectivity index is 0.000000108. The van der Waals surface area contributed by atoms with Gasteiger partial charge in [-0.1, -0.05) is 437 Å². The minimum Gasteiger partial charge on any atom is -0.207 e. The minimum atomic E-state index is -0.236. The van der Waals surface area contributed by atoms with Crippen molar-refractivity contribution in [2.24, 2.45) is 0 Å². The summed E-state index contributed by atoms with van der Waals surface area (Å²) in [6, 6.07) is 187. The predicted octanol–water partition coefficient (Wildman–Crippen LogP) is 41.1. The lowest BCUT2D eigenvalue weighted by molar-refractivity contribution is 0.627. The fourth-order valence-electron chi connectivity index (χ4n) is 24.0. The van der Waals surface area contributed by atoms with E-state index in [1.807, 2.05) is 36.4 Å². The predicted molar refractivity (Wildman–Crippen MR) is 621 cm³/mol. The SMILES string of the molecule is Fc1ccc(-c2cc(-c3ccc4ccccc4c3)c3ccc4c(-c5ccc6ccccc6c5)cc(-c5ccc6ccccc6c5)c5ccc2c3c54)cc1.Fc1ccc(-c2cc(-c3cccc4ccccc34)c3ccc4c(-c5cccc6ccccc56)cc(-c5cccc6ccccc56)c5ccc2c3c54)cc1.Fc1ccc(-c2cc(-c3ccccc3)c3ccc4c(-c5ccccc5)cc(-c5ccccc5)c5ccc2c3c45)cc1. The zero-order chi connectivity index (χ0) is 97.4. The zero-order valence-electron chi connectivity index (χ0n) is 79.9. The van der Waals surface area contributed by atoms with Crippen LogP contribution in [0.25, 0.3) is 295 Å². The molecule has 0 fully saturated rings. The van der Waals surface area contributed by atoms with Crippen molar-refractivity contribution in [1.29, 1.82) is 0 Å². The Bertz CT molecular complexity index is 10200. The minimum absolute atomic E-state index is 0.227. The molecule has 0 aromatic heterocycles. The van der Waals surface area contributed by atoms with Crippen molar-refractivity contribution in [3.63, 3.8) is 0 Å². The number of hydrogen-bond donors (Lipinski definition) is 0. The van der Waals surface area contributed by atoms with E-state index in [-0.39, 0.29) is 17.5 Å².